The van der Waals surface area contributed by atoms with Crippen molar-refractivity contribution in [3.05, 3.63) is 36.5 Å². The fourth-order valence-corrected chi connectivity index (χ4v) is 3.69. The number of pyridine rings is 1. The summed E-state index contributed by atoms with van der Waals surface area (Å²) in [4.78, 5) is 16.1. The third kappa shape index (κ3) is 3.16. The highest BCUT2D eigenvalue weighted by Gasteiger charge is 2.52. The number of ether oxygens (including phenoxy) is 2. The Balaban J connectivity index is 1.21. The van der Waals surface area contributed by atoms with Crippen molar-refractivity contribution in [1.29, 1.82) is 0 Å². The smallest absolute Gasteiger partial charge is 0.306 e. The van der Waals surface area contributed by atoms with Gasteiger partial charge in [-0.25, -0.2) is 0 Å². The summed E-state index contributed by atoms with van der Waals surface area (Å²) < 4.78 is 11.0. The first-order valence-electron chi connectivity index (χ1n) is 8.36. The molecule has 4 nitrogen and oxygen atoms in total. The summed E-state index contributed by atoms with van der Waals surface area (Å²) in [6, 6.07) is 9.68. The Labute approximate surface area is 135 Å². The summed E-state index contributed by atoms with van der Waals surface area (Å²) in [6.07, 6.45) is 7.48. The van der Waals surface area contributed by atoms with E-state index in [0.717, 1.165) is 16.7 Å². The molecule has 2 saturated carbocycles. The van der Waals surface area contributed by atoms with Crippen LogP contribution in [-0.2, 0) is 9.53 Å². The summed E-state index contributed by atoms with van der Waals surface area (Å²) in [7, 11) is 0. The van der Waals surface area contributed by atoms with Crippen molar-refractivity contribution in [2.75, 3.05) is 13.2 Å². The molecule has 1 aromatic heterocycles. The molecular weight excluding hydrogens is 290 g/mol. The number of carbonyl (C=O) groups excluding carboxylic acids is 1. The molecule has 0 atom stereocenters. The Morgan fingerprint density at radius 2 is 2.00 bits per heavy atom. The molecular formula is C19H21NO3. The van der Waals surface area contributed by atoms with Gasteiger partial charge in [-0.2, -0.15) is 0 Å². The molecule has 0 radical (unpaired) electrons. The van der Waals surface area contributed by atoms with E-state index < -0.39 is 0 Å². The SMILES string of the molecule is O=C(CC1CC2(CC2)C1)OCCOc1ccnc2ccccc12. The molecule has 1 aromatic carbocycles. The van der Waals surface area contributed by atoms with Gasteiger partial charge >= 0.3 is 5.97 Å². The van der Waals surface area contributed by atoms with E-state index in [0.29, 0.717) is 31.0 Å². The molecule has 2 aliphatic rings. The molecule has 2 fully saturated rings. The number of hydrogen-bond acceptors (Lipinski definition) is 4. The maximum atomic E-state index is 11.8. The minimum Gasteiger partial charge on any atom is -0.489 e. The third-order valence-corrected chi connectivity index (χ3v) is 5.07. The number of aromatic nitrogens is 1. The van der Waals surface area contributed by atoms with Gasteiger partial charge in [0.15, 0.2) is 0 Å². The van der Waals surface area contributed by atoms with Gasteiger partial charge in [0.05, 0.1) is 5.52 Å². The normalized spacial score (nSPS) is 18.6. The van der Waals surface area contributed by atoms with Crippen LogP contribution in [0.15, 0.2) is 36.5 Å². The predicted octanol–water partition coefficient (Wildman–Crippen LogP) is 3.74. The molecule has 4 rings (SSSR count). The number of para-hydroxylation sites is 1. The first kappa shape index (κ1) is 14.5. The third-order valence-electron chi connectivity index (χ3n) is 5.07. The van der Waals surface area contributed by atoms with E-state index in [9.17, 15) is 4.79 Å². The number of hydrogen-bond donors (Lipinski definition) is 0. The van der Waals surface area contributed by atoms with Crippen LogP contribution in [0.5, 0.6) is 5.75 Å². The number of nitrogens with zero attached hydrogens (tertiary/aromatic N) is 1. The molecule has 2 aromatic rings. The number of rotatable bonds is 6. The van der Waals surface area contributed by atoms with Crippen LogP contribution in [0.1, 0.15) is 32.1 Å². The van der Waals surface area contributed by atoms with Gasteiger partial charge in [0.2, 0.25) is 0 Å². The van der Waals surface area contributed by atoms with Crippen LogP contribution in [0.2, 0.25) is 0 Å². The molecule has 0 saturated heterocycles. The maximum absolute atomic E-state index is 11.8. The molecule has 1 spiro atoms. The Bertz CT molecular complexity index is 710. The molecule has 0 aliphatic heterocycles. The lowest BCUT2D eigenvalue weighted by Gasteiger charge is -2.35. The van der Waals surface area contributed by atoms with Gasteiger partial charge < -0.3 is 9.47 Å². The molecule has 120 valence electrons. The Hall–Kier alpha value is -2.10. The van der Waals surface area contributed by atoms with Crippen molar-refractivity contribution in [3.63, 3.8) is 0 Å². The van der Waals surface area contributed by atoms with Crippen LogP contribution >= 0.6 is 0 Å². The lowest BCUT2D eigenvalue weighted by atomic mass is 9.70. The zero-order valence-electron chi connectivity index (χ0n) is 13.2. The molecule has 2 aliphatic carbocycles. The van der Waals surface area contributed by atoms with E-state index in [1.807, 2.05) is 30.3 Å². The van der Waals surface area contributed by atoms with Crippen molar-refractivity contribution < 1.29 is 14.3 Å². The fourth-order valence-electron chi connectivity index (χ4n) is 3.69. The van der Waals surface area contributed by atoms with Gasteiger partial charge in [-0.15, -0.1) is 0 Å². The Morgan fingerprint density at radius 3 is 2.83 bits per heavy atom. The van der Waals surface area contributed by atoms with Crippen molar-refractivity contribution in [1.82, 2.24) is 4.98 Å². The van der Waals surface area contributed by atoms with Crippen LogP contribution < -0.4 is 4.74 Å². The standard InChI is InChI=1S/C19H21NO3/c21-18(11-14-12-19(13-14)6-7-19)23-10-9-22-17-5-8-20-16-4-2-1-3-15(16)17/h1-5,8,14H,6-7,9-13H2. The summed E-state index contributed by atoms with van der Waals surface area (Å²) >= 11 is 0. The second kappa shape index (κ2) is 5.84. The van der Waals surface area contributed by atoms with Gasteiger partial charge in [0.1, 0.15) is 19.0 Å². The van der Waals surface area contributed by atoms with E-state index in [1.165, 1.54) is 25.7 Å². The lowest BCUT2D eigenvalue weighted by Crippen LogP contribution is -2.28. The molecule has 0 bridgehead atoms. The molecule has 0 unspecified atom stereocenters. The van der Waals surface area contributed by atoms with E-state index in [4.69, 9.17) is 9.47 Å². The number of benzene rings is 1. The van der Waals surface area contributed by atoms with E-state index >= 15 is 0 Å². The zero-order chi connectivity index (χ0) is 15.7. The number of fused-ring (bicyclic) bond motifs is 1. The van der Waals surface area contributed by atoms with Gasteiger partial charge in [-0.05, 0) is 55.2 Å². The average molecular weight is 311 g/mol. The molecule has 0 amide bonds. The van der Waals surface area contributed by atoms with Gasteiger partial charge in [0, 0.05) is 18.0 Å². The second-order valence-electron chi connectivity index (χ2n) is 6.87. The summed E-state index contributed by atoms with van der Waals surface area (Å²) in [5.41, 5.74) is 1.55. The van der Waals surface area contributed by atoms with E-state index in [1.54, 1.807) is 6.20 Å². The van der Waals surface area contributed by atoms with Crippen LogP contribution in [0, 0.1) is 11.3 Å². The lowest BCUT2D eigenvalue weighted by molar-refractivity contribution is -0.146. The zero-order valence-corrected chi connectivity index (χ0v) is 13.2. The number of esters is 1. The van der Waals surface area contributed by atoms with Gasteiger partial charge in [0.25, 0.3) is 0 Å². The highest BCUT2D eigenvalue weighted by molar-refractivity contribution is 5.84. The van der Waals surface area contributed by atoms with Crippen molar-refractivity contribution in [3.8, 4) is 5.75 Å². The fraction of sp³-hybridized carbons (Fsp3) is 0.474. The number of carbonyl (C=O) groups is 1. The van der Waals surface area contributed by atoms with Gasteiger partial charge in [-0.1, -0.05) is 12.1 Å². The molecule has 1 heterocycles. The van der Waals surface area contributed by atoms with Crippen molar-refractivity contribution in [2.24, 2.45) is 11.3 Å². The van der Waals surface area contributed by atoms with Crippen molar-refractivity contribution in [2.45, 2.75) is 32.1 Å². The van der Waals surface area contributed by atoms with Crippen LogP contribution in [-0.4, -0.2) is 24.2 Å². The Morgan fingerprint density at radius 1 is 1.17 bits per heavy atom. The topological polar surface area (TPSA) is 48.4 Å². The quantitative estimate of drug-likeness (QED) is 0.602. The largest absolute Gasteiger partial charge is 0.489 e. The Kier molecular flexibility index (Phi) is 3.68. The molecule has 0 N–H and O–H groups in total. The van der Waals surface area contributed by atoms with Crippen LogP contribution in [0.3, 0.4) is 0 Å². The molecule has 23 heavy (non-hydrogen) atoms. The monoisotopic (exact) mass is 311 g/mol. The minimum absolute atomic E-state index is 0.0892. The average Bonchev–Trinajstić information content (AvgIpc) is 3.32. The van der Waals surface area contributed by atoms with Crippen molar-refractivity contribution >= 4 is 16.9 Å². The minimum atomic E-state index is -0.0892. The van der Waals surface area contributed by atoms with E-state index in [2.05, 4.69) is 4.98 Å². The van der Waals surface area contributed by atoms with E-state index in [-0.39, 0.29) is 5.97 Å². The second-order valence-corrected chi connectivity index (χ2v) is 6.87. The molecule has 4 heteroatoms. The highest BCUT2D eigenvalue weighted by atomic mass is 16.6. The first-order chi connectivity index (χ1) is 11.2. The highest BCUT2D eigenvalue weighted by Crippen LogP contribution is 2.64. The predicted molar refractivity (Wildman–Crippen MR) is 87.2 cm³/mol. The maximum Gasteiger partial charge on any atom is 0.306 e. The summed E-state index contributed by atoms with van der Waals surface area (Å²) in [6.45, 7) is 0.668. The van der Waals surface area contributed by atoms with Crippen LogP contribution in [0.4, 0.5) is 0 Å². The first-order valence-corrected chi connectivity index (χ1v) is 8.36. The summed E-state index contributed by atoms with van der Waals surface area (Å²) in [5, 5.41) is 0.977. The van der Waals surface area contributed by atoms with Crippen LogP contribution in [0.25, 0.3) is 10.9 Å². The summed E-state index contributed by atoms with van der Waals surface area (Å²) in [5.74, 6) is 1.24. The van der Waals surface area contributed by atoms with Gasteiger partial charge in [-0.3, -0.25) is 9.78 Å².